The fraction of sp³-hybridized carbons (Fsp3) is 0.500. The van der Waals surface area contributed by atoms with Crippen LogP contribution in [-0.2, 0) is 0 Å². The van der Waals surface area contributed by atoms with Gasteiger partial charge in [-0.05, 0) is 31.5 Å². The van der Waals surface area contributed by atoms with Crippen molar-refractivity contribution in [1.29, 1.82) is 0 Å². The van der Waals surface area contributed by atoms with Crippen molar-refractivity contribution in [2.24, 2.45) is 0 Å². The van der Waals surface area contributed by atoms with Crippen molar-refractivity contribution < 1.29 is 9.47 Å². The quantitative estimate of drug-likeness (QED) is 0.882. The summed E-state index contributed by atoms with van der Waals surface area (Å²) in [5.74, 6) is 1.47. The molecule has 16 heavy (non-hydrogen) atoms. The van der Waals surface area contributed by atoms with E-state index in [9.17, 15) is 0 Å². The van der Waals surface area contributed by atoms with Gasteiger partial charge in [-0.2, -0.15) is 0 Å². The summed E-state index contributed by atoms with van der Waals surface area (Å²) in [4.78, 5) is 0. The normalized spacial score (nSPS) is 20.5. The van der Waals surface area contributed by atoms with E-state index in [0.29, 0.717) is 10.8 Å². The maximum absolute atomic E-state index is 5.95. The average Bonchev–Trinajstić information content (AvgIpc) is 2.33. The Labute approximate surface area is 101 Å². The van der Waals surface area contributed by atoms with Gasteiger partial charge in [-0.1, -0.05) is 11.6 Å². The second-order valence-electron chi connectivity index (χ2n) is 3.88. The molecule has 0 amide bonds. The molecule has 0 saturated carbocycles. The Morgan fingerprint density at radius 1 is 1.44 bits per heavy atom. The first-order valence-corrected chi connectivity index (χ1v) is 5.88. The van der Waals surface area contributed by atoms with Crippen LogP contribution in [0.3, 0.4) is 0 Å². The standard InChI is InChI=1S/C12H16ClNO2/c1-15-12-7-9(4-5-11(12)13)16-10-3-2-6-14-8-10/h4-5,7,10,14H,2-3,6,8H2,1H3. The van der Waals surface area contributed by atoms with Crippen molar-refractivity contribution in [2.45, 2.75) is 18.9 Å². The molecule has 0 spiro atoms. The van der Waals surface area contributed by atoms with Crippen molar-refractivity contribution in [3.05, 3.63) is 23.2 Å². The van der Waals surface area contributed by atoms with E-state index in [4.69, 9.17) is 21.1 Å². The van der Waals surface area contributed by atoms with E-state index in [2.05, 4.69) is 5.32 Å². The molecule has 1 N–H and O–H groups in total. The van der Waals surface area contributed by atoms with Crippen LogP contribution in [0.5, 0.6) is 11.5 Å². The highest BCUT2D eigenvalue weighted by Crippen LogP contribution is 2.29. The van der Waals surface area contributed by atoms with Crippen molar-refractivity contribution in [3.8, 4) is 11.5 Å². The summed E-state index contributed by atoms with van der Waals surface area (Å²) < 4.78 is 11.0. The number of halogens is 1. The topological polar surface area (TPSA) is 30.5 Å². The minimum Gasteiger partial charge on any atom is -0.495 e. The van der Waals surface area contributed by atoms with Gasteiger partial charge in [-0.25, -0.2) is 0 Å². The van der Waals surface area contributed by atoms with Crippen molar-refractivity contribution in [2.75, 3.05) is 20.2 Å². The Balaban J connectivity index is 2.03. The zero-order chi connectivity index (χ0) is 11.4. The predicted molar refractivity (Wildman–Crippen MR) is 64.5 cm³/mol. The smallest absolute Gasteiger partial charge is 0.141 e. The molecule has 3 nitrogen and oxygen atoms in total. The van der Waals surface area contributed by atoms with Crippen LogP contribution in [-0.4, -0.2) is 26.3 Å². The number of piperidine rings is 1. The van der Waals surface area contributed by atoms with Crippen molar-refractivity contribution >= 4 is 11.6 Å². The second-order valence-corrected chi connectivity index (χ2v) is 4.29. The number of nitrogens with one attached hydrogen (secondary N) is 1. The molecule has 88 valence electrons. The maximum atomic E-state index is 5.95. The van der Waals surface area contributed by atoms with Gasteiger partial charge in [0.15, 0.2) is 0 Å². The molecule has 1 aliphatic rings. The third-order valence-electron chi connectivity index (χ3n) is 2.68. The molecule has 1 aromatic rings. The number of hydrogen-bond donors (Lipinski definition) is 1. The Bertz CT molecular complexity index is 351. The minimum absolute atomic E-state index is 0.250. The van der Waals surface area contributed by atoms with Crippen LogP contribution in [0.15, 0.2) is 18.2 Å². The van der Waals surface area contributed by atoms with Gasteiger partial charge in [-0.3, -0.25) is 0 Å². The number of ether oxygens (including phenoxy) is 2. The van der Waals surface area contributed by atoms with Crippen LogP contribution in [0, 0.1) is 0 Å². The lowest BCUT2D eigenvalue weighted by molar-refractivity contribution is 0.166. The fourth-order valence-corrected chi connectivity index (χ4v) is 2.02. The molecule has 0 aliphatic carbocycles. The van der Waals surface area contributed by atoms with Crippen LogP contribution in [0.25, 0.3) is 0 Å². The highest BCUT2D eigenvalue weighted by atomic mass is 35.5. The largest absolute Gasteiger partial charge is 0.495 e. The van der Waals surface area contributed by atoms with E-state index in [1.165, 1.54) is 0 Å². The van der Waals surface area contributed by atoms with Gasteiger partial charge in [0, 0.05) is 12.6 Å². The van der Waals surface area contributed by atoms with E-state index in [-0.39, 0.29) is 6.10 Å². The number of benzene rings is 1. The lowest BCUT2D eigenvalue weighted by atomic mass is 10.1. The summed E-state index contributed by atoms with van der Waals surface area (Å²) in [5.41, 5.74) is 0. The molecule has 1 heterocycles. The maximum Gasteiger partial charge on any atom is 0.141 e. The molecular formula is C12H16ClNO2. The Hall–Kier alpha value is -0.930. The van der Waals surface area contributed by atoms with Gasteiger partial charge < -0.3 is 14.8 Å². The number of methoxy groups -OCH3 is 1. The molecular weight excluding hydrogens is 226 g/mol. The van der Waals surface area contributed by atoms with E-state index < -0.39 is 0 Å². The van der Waals surface area contributed by atoms with Gasteiger partial charge in [0.25, 0.3) is 0 Å². The van der Waals surface area contributed by atoms with Crippen LogP contribution in [0.4, 0.5) is 0 Å². The van der Waals surface area contributed by atoms with Crippen molar-refractivity contribution in [3.63, 3.8) is 0 Å². The molecule has 1 aromatic carbocycles. The SMILES string of the molecule is COc1cc(OC2CCCNC2)ccc1Cl. The Morgan fingerprint density at radius 2 is 2.31 bits per heavy atom. The highest BCUT2D eigenvalue weighted by Gasteiger charge is 2.14. The molecule has 4 heteroatoms. The first kappa shape index (κ1) is 11.6. The molecule has 1 atom stereocenters. The predicted octanol–water partition coefficient (Wildman–Crippen LogP) is 2.48. The monoisotopic (exact) mass is 241 g/mol. The zero-order valence-electron chi connectivity index (χ0n) is 9.33. The van der Waals surface area contributed by atoms with Crippen LogP contribution < -0.4 is 14.8 Å². The van der Waals surface area contributed by atoms with E-state index in [0.717, 1.165) is 31.7 Å². The van der Waals surface area contributed by atoms with Gasteiger partial charge in [0.2, 0.25) is 0 Å². The minimum atomic E-state index is 0.250. The molecule has 0 aromatic heterocycles. The molecule has 1 fully saturated rings. The summed E-state index contributed by atoms with van der Waals surface area (Å²) in [6.07, 6.45) is 2.51. The summed E-state index contributed by atoms with van der Waals surface area (Å²) in [5, 5.41) is 3.92. The van der Waals surface area contributed by atoms with Gasteiger partial charge >= 0.3 is 0 Å². The summed E-state index contributed by atoms with van der Waals surface area (Å²) in [6, 6.07) is 5.50. The second kappa shape index (κ2) is 5.41. The molecule has 2 rings (SSSR count). The summed E-state index contributed by atoms with van der Waals surface area (Å²) >= 11 is 5.95. The number of rotatable bonds is 3. The number of hydrogen-bond acceptors (Lipinski definition) is 3. The molecule has 1 aliphatic heterocycles. The third kappa shape index (κ3) is 2.80. The van der Waals surface area contributed by atoms with E-state index in [1.54, 1.807) is 13.2 Å². The average molecular weight is 242 g/mol. The van der Waals surface area contributed by atoms with Crippen molar-refractivity contribution in [1.82, 2.24) is 5.32 Å². The summed E-state index contributed by atoms with van der Waals surface area (Å²) in [7, 11) is 1.60. The molecule has 1 saturated heterocycles. The van der Waals surface area contributed by atoms with E-state index in [1.807, 2.05) is 12.1 Å². The Morgan fingerprint density at radius 3 is 3.00 bits per heavy atom. The van der Waals surface area contributed by atoms with Crippen LogP contribution in [0.1, 0.15) is 12.8 Å². The first-order chi connectivity index (χ1) is 7.79. The van der Waals surface area contributed by atoms with E-state index >= 15 is 0 Å². The highest BCUT2D eigenvalue weighted by molar-refractivity contribution is 6.32. The fourth-order valence-electron chi connectivity index (χ4n) is 1.83. The zero-order valence-corrected chi connectivity index (χ0v) is 10.1. The van der Waals surface area contributed by atoms with Gasteiger partial charge in [0.05, 0.1) is 12.1 Å². The van der Waals surface area contributed by atoms with Gasteiger partial charge in [0.1, 0.15) is 17.6 Å². The van der Waals surface area contributed by atoms with Gasteiger partial charge in [-0.15, -0.1) is 0 Å². The molecule has 0 bridgehead atoms. The molecule has 0 radical (unpaired) electrons. The summed E-state index contributed by atoms with van der Waals surface area (Å²) in [6.45, 7) is 1.99. The Kier molecular flexibility index (Phi) is 3.91. The lowest BCUT2D eigenvalue weighted by Crippen LogP contribution is -2.37. The van der Waals surface area contributed by atoms with Crippen LogP contribution >= 0.6 is 11.6 Å². The lowest BCUT2D eigenvalue weighted by Gasteiger charge is -2.24. The first-order valence-electron chi connectivity index (χ1n) is 5.50. The molecule has 1 unspecified atom stereocenters. The third-order valence-corrected chi connectivity index (χ3v) is 2.99. The van der Waals surface area contributed by atoms with Crippen LogP contribution in [0.2, 0.25) is 5.02 Å².